The van der Waals surface area contributed by atoms with Gasteiger partial charge in [-0.05, 0) is 31.0 Å². The van der Waals surface area contributed by atoms with Gasteiger partial charge in [0.05, 0.1) is 0 Å². The van der Waals surface area contributed by atoms with Gasteiger partial charge in [0, 0.05) is 17.6 Å². The number of nitrogens with one attached hydrogen (secondary N) is 1. The summed E-state index contributed by atoms with van der Waals surface area (Å²) in [5.74, 6) is 1.41. The van der Waals surface area contributed by atoms with Gasteiger partial charge in [-0.15, -0.1) is 0 Å². The summed E-state index contributed by atoms with van der Waals surface area (Å²) >= 11 is 11.7. The summed E-state index contributed by atoms with van der Waals surface area (Å²) in [5, 5.41) is 4.43. The molecule has 5 heteroatoms. The zero-order valence-electron chi connectivity index (χ0n) is 9.95. The third kappa shape index (κ3) is 3.86. The van der Waals surface area contributed by atoms with Gasteiger partial charge in [-0.1, -0.05) is 35.3 Å². The van der Waals surface area contributed by atoms with E-state index in [1.807, 2.05) is 31.2 Å². The van der Waals surface area contributed by atoms with Crippen molar-refractivity contribution in [1.82, 2.24) is 9.97 Å². The van der Waals surface area contributed by atoms with Crippen LogP contribution in [0.3, 0.4) is 0 Å². The Balaban J connectivity index is 1.90. The van der Waals surface area contributed by atoms with Crippen molar-refractivity contribution >= 4 is 29.0 Å². The lowest BCUT2D eigenvalue weighted by atomic mass is 10.1. The summed E-state index contributed by atoms with van der Waals surface area (Å²) < 4.78 is 0. The van der Waals surface area contributed by atoms with Crippen LogP contribution in [0.5, 0.6) is 0 Å². The van der Waals surface area contributed by atoms with Gasteiger partial charge >= 0.3 is 0 Å². The molecule has 0 radical (unpaired) electrons. The fraction of sp³-hybridized carbons (Fsp3) is 0.231. The van der Waals surface area contributed by atoms with Gasteiger partial charge in [0.2, 0.25) is 0 Å². The molecule has 0 aliphatic heterocycles. The maximum Gasteiger partial charge on any atom is 0.134 e. The number of nitrogens with zero attached hydrogens (tertiary/aromatic N) is 2. The third-order valence-electron chi connectivity index (χ3n) is 2.44. The fourth-order valence-corrected chi connectivity index (χ4v) is 1.96. The molecule has 0 saturated carbocycles. The summed E-state index contributed by atoms with van der Waals surface area (Å²) in [6, 6.07) is 9.53. The van der Waals surface area contributed by atoms with E-state index >= 15 is 0 Å². The first-order valence-corrected chi connectivity index (χ1v) is 6.38. The van der Waals surface area contributed by atoms with Gasteiger partial charge in [-0.3, -0.25) is 0 Å². The van der Waals surface area contributed by atoms with Crippen LogP contribution in [0.1, 0.15) is 11.4 Å². The van der Waals surface area contributed by atoms with Gasteiger partial charge < -0.3 is 5.32 Å². The van der Waals surface area contributed by atoms with Gasteiger partial charge in [0.1, 0.15) is 16.8 Å². The molecule has 0 atom stereocenters. The highest BCUT2D eigenvalue weighted by Crippen LogP contribution is 2.12. The van der Waals surface area contributed by atoms with Crippen LogP contribution in [0.2, 0.25) is 10.2 Å². The van der Waals surface area contributed by atoms with Crippen molar-refractivity contribution in [2.45, 2.75) is 13.3 Å². The Labute approximate surface area is 116 Å². The second kappa shape index (κ2) is 6.03. The molecular weight excluding hydrogens is 269 g/mol. The molecule has 18 heavy (non-hydrogen) atoms. The van der Waals surface area contributed by atoms with Crippen molar-refractivity contribution in [2.24, 2.45) is 0 Å². The Morgan fingerprint density at radius 2 is 1.83 bits per heavy atom. The molecule has 2 aromatic rings. The SMILES string of the molecule is Cc1nc(Cl)cc(NCCc2ccc(Cl)cc2)n1. The molecule has 1 heterocycles. The van der Waals surface area contributed by atoms with Gasteiger partial charge in [-0.2, -0.15) is 0 Å². The van der Waals surface area contributed by atoms with Crippen LogP contribution in [0.15, 0.2) is 30.3 Å². The Morgan fingerprint density at radius 3 is 2.50 bits per heavy atom. The summed E-state index contributed by atoms with van der Waals surface area (Å²) in [5.41, 5.74) is 1.23. The molecule has 1 aromatic heterocycles. The van der Waals surface area contributed by atoms with E-state index in [0.717, 1.165) is 23.8 Å². The minimum absolute atomic E-state index is 0.455. The molecule has 2 rings (SSSR count). The van der Waals surface area contributed by atoms with E-state index in [0.29, 0.717) is 11.0 Å². The number of aromatic nitrogens is 2. The topological polar surface area (TPSA) is 37.8 Å². The van der Waals surface area contributed by atoms with Crippen molar-refractivity contribution in [3.05, 3.63) is 51.9 Å². The zero-order chi connectivity index (χ0) is 13.0. The average molecular weight is 282 g/mol. The first-order valence-electron chi connectivity index (χ1n) is 5.63. The van der Waals surface area contributed by atoms with E-state index in [1.54, 1.807) is 6.07 Å². The quantitative estimate of drug-likeness (QED) is 0.868. The molecule has 0 amide bonds. The first-order chi connectivity index (χ1) is 8.63. The highest BCUT2D eigenvalue weighted by atomic mass is 35.5. The second-order valence-corrected chi connectivity index (χ2v) is 4.75. The maximum absolute atomic E-state index is 5.86. The molecule has 94 valence electrons. The van der Waals surface area contributed by atoms with Crippen LogP contribution in [-0.2, 0) is 6.42 Å². The number of hydrogen-bond donors (Lipinski definition) is 1. The maximum atomic E-state index is 5.86. The number of rotatable bonds is 4. The summed E-state index contributed by atoms with van der Waals surface area (Å²) in [6.45, 7) is 2.60. The number of anilines is 1. The molecule has 1 N–H and O–H groups in total. The lowest BCUT2D eigenvalue weighted by Crippen LogP contribution is -2.07. The molecule has 0 spiro atoms. The Kier molecular flexibility index (Phi) is 4.39. The molecule has 0 aliphatic carbocycles. The van der Waals surface area contributed by atoms with Crippen LogP contribution in [0.25, 0.3) is 0 Å². The number of aryl methyl sites for hydroxylation is 1. The Morgan fingerprint density at radius 1 is 1.11 bits per heavy atom. The zero-order valence-corrected chi connectivity index (χ0v) is 11.5. The van der Waals surface area contributed by atoms with E-state index in [9.17, 15) is 0 Å². The molecule has 0 aliphatic rings. The van der Waals surface area contributed by atoms with E-state index in [4.69, 9.17) is 23.2 Å². The predicted molar refractivity (Wildman–Crippen MR) is 75.4 cm³/mol. The van der Waals surface area contributed by atoms with Gasteiger partial charge in [0.25, 0.3) is 0 Å². The minimum Gasteiger partial charge on any atom is -0.370 e. The fourth-order valence-electron chi connectivity index (χ4n) is 1.61. The van der Waals surface area contributed by atoms with Crippen LogP contribution in [-0.4, -0.2) is 16.5 Å². The van der Waals surface area contributed by atoms with E-state index in [1.165, 1.54) is 5.56 Å². The van der Waals surface area contributed by atoms with Crippen LogP contribution >= 0.6 is 23.2 Å². The number of halogens is 2. The predicted octanol–water partition coefficient (Wildman–Crippen LogP) is 3.75. The largest absolute Gasteiger partial charge is 0.370 e. The molecule has 0 saturated heterocycles. The minimum atomic E-state index is 0.455. The normalized spacial score (nSPS) is 10.4. The van der Waals surface area contributed by atoms with Gasteiger partial charge in [0.15, 0.2) is 0 Å². The Bertz CT molecular complexity index is 506. The average Bonchev–Trinajstić information content (AvgIpc) is 2.30. The highest BCUT2D eigenvalue weighted by molar-refractivity contribution is 6.30. The first kappa shape index (κ1) is 13.1. The van der Waals surface area contributed by atoms with Crippen molar-refractivity contribution < 1.29 is 0 Å². The number of hydrogen-bond acceptors (Lipinski definition) is 3. The van der Waals surface area contributed by atoms with Crippen molar-refractivity contribution in [3.8, 4) is 0 Å². The van der Waals surface area contributed by atoms with Crippen molar-refractivity contribution in [1.29, 1.82) is 0 Å². The van der Waals surface area contributed by atoms with Crippen LogP contribution < -0.4 is 5.32 Å². The monoisotopic (exact) mass is 281 g/mol. The second-order valence-electron chi connectivity index (χ2n) is 3.93. The van der Waals surface area contributed by atoms with Crippen LogP contribution in [0.4, 0.5) is 5.82 Å². The molecular formula is C13H13Cl2N3. The molecule has 0 fully saturated rings. The smallest absolute Gasteiger partial charge is 0.134 e. The van der Waals surface area contributed by atoms with Crippen molar-refractivity contribution in [3.63, 3.8) is 0 Å². The van der Waals surface area contributed by atoms with Crippen molar-refractivity contribution in [2.75, 3.05) is 11.9 Å². The van der Waals surface area contributed by atoms with E-state index < -0.39 is 0 Å². The lowest BCUT2D eigenvalue weighted by molar-refractivity contribution is 0.981. The summed E-state index contributed by atoms with van der Waals surface area (Å²) in [6.07, 6.45) is 0.901. The van der Waals surface area contributed by atoms with Crippen LogP contribution in [0, 0.1) is 6.92 Å². The number of benzene rings is 1. The van der Waals surface area contributed by atoms with Gasteiger partial charge in [-0.25, -0.2) is 9.97 Å². The summed E-state index contributed by atoms with van der Waals surface area (Å²) in [7, 11) is 0. The Hall–Kier alpha value is -1.32. The molecule has 0 bridgehead atoms. The molecule has 3 nitrogen and oxygen atoms in total. The third-order valence-corrected chi connectivity index (χ3v) is 2.89. The standard InChI is InChI=1S/C13H13Cl2N3/c1-9-17-12(15)8-13(18-9)16-7-6-10-2-4-11(14)5-3-10/h2-5,8H,6-7H2,1H3,(H,16,17,18). The summed E-state index contributed by atoms with van der Waals surface area (Å²) in [4.78, 5) is 8.26. The molecule has 0 unspecified atom stereocenters. The molecule has 1 aromatic carbocycles. The lowest BCUT2D eigenvalue weighted by Gasteiger charge is -2.06. The van der Waals surface area contributed by atoms with E-state index in [2.05, 4.69) is 15.3 Å². The van der Waals surface area contributed by atoms with E-state index in [-0.39, 0.29) is 0 Å². The highest BCUT2D eigenvalue weighted by Gasteiger charge is 1.99.